The number of anilines is 1. The summed E-state index contributed by atoms with van der Waals surface area (Å²) in [5.41, 5.74) is 0.415. The van der Waals surface area contributed by atoms with Crippen LogP contribution in [0.5, 0.6) is 0 Å². The first kappa shape index (κ1) is 25.7. The summed E-state index contributed by atoms with van der Waals surface area (Å²) in [6.07, 6.45) is 0.776. The number of nitrogens with zero attached hydrogens (tertiary/aromatic N) is 2. The summed E-state index contributed by atoms with van der Waals surface area (Å²) in [6, 6.07) is 13.0. The quantitative estimate of drug-likeness (QED) is 0.457. The van der Waals surface area contributed by atoms with Gasteiger partial charge in [0.25, 0.3) is 5.69 Å². The first-order chi connectivity index (χ1) is 16.5. The van der Waals surface area contributed by atoms with Gasteiger partial charge in [0, 0.05) is 30.8 Å². The number of nitro benzene ring substituents is 1. The monoisotopic (exact) mass is 482 g/mol. The van der Waals surface area contributed by atoms with Crippen molar-refractivity contribution in [1.82, 2.24) is 10.2 Å². The zero-order chi connectivity index (χ0) is 25.6. The topological polar surface area (TPSA) is 131 Å². The van der Waals surface area contributed by atoms with Gasteiger partial charge in [-0.05, 0) is 51.3 Å². The van der Waals surface area contributed by atoms with Crippen molar-refractivity contribution >= 4 is 29.3 Å². The summed E-state index contributed by atoms with van der Waals surface area (Å²) in [5, 5.41) is 16.4. The van der Waals surface area contributed by atoms with Crippen LogP contribution in [0.3, 0.4) is 0 Å². The Labute approximate surface area is 203 Å². The number of hydrogen-bond donors (Lipinski definition) is 2. The molecule has 35 heavy (non-hydrogen) atoms. The smallest absolute Gasteiger partial charge is 0.410 e. The van der Waals surface area contributed by atoms with E-state index in [-0.39, 0.29) is 12.1 Å². The summed E-state index contributed by atoms with van der Waals surface area (Å²) < 4.78 is 5.44. The maximum absolute atomic E-state index is 13.2. The number of ether oxygens (including phenoxy) is 1. The van der Waals surface area contributed by atoms with Gasteiger partial charge < -0.3 is 15.4 Å². The number of carbonyl (C=O) groups is 3. The van der Waals surface area contributed by atoms with Gasteiger partial charge in [-0.15, -0.1) is 0 Å². The highest BCUT2D eigenvalue weighted by Gasteiger charge is 2.38. The highest BCUT2D eigenvalue weighted by molar-refractivity contribution is 5.98. The van der Waals surface area contributed by atoms with Crippen molar-refractivity contribution < 1.29 is 24.0 Å². The average molecular weight is 483 g/mol. The lowest BCUT2D eigenvalue weighted by Gasteiger charge is -2.29. The van der Waals surface area contributed by atoms with E-state index in [4.69, 9.17) is 4.74 Å². The number of hydrogen-bond acceptors (Lipinski definition) is 6. The molecule has 10 heteroatoms. The van der Waals surface area contributed by atoms with Crippen molar-refractivity contribution in [2.75, 3.05) is 11.9 Å². The van der Waals surface area contributed by atoms with Crippen LogP contribution in [-0.4, -0.2) is 52.0 Å². The lowest BCUT2D eigenvalue weighted by atomic mass is 10.0. The fourth-order valence-corrected chi connectivity index (χ4v) is 3.80. The molecule has 0 radical (unpaired) electrons. The Morgan fingerprint density at radius 1 is 1.11 bits per heavy atom. The van der Waals surface area contributed by atoms with E-state index < -0.39 is 40.5 Å². The van der Waals surface area contributed by atoms with Gasteiger partial charge in [0.2, 0.25) is 11.8 Å². The first-order valence-electron chi connectivity index (χ1n) is 11.4. The Hall–Kier alpha value is -3.95. The molecule has 0 unspecified atom stereocenters. The summed E-state index contributed by atoms with van der Waals surface area (Å²) in [5.74, 6) is -0.911. The zero-order valence-electron chi connectivity index (χ0n) is 20.0. The van der Waals surface area contributed by atoms with Crippen molar-refractivity contribution in [2.24, 2.45) is 0 Å². The largest absolute Gasteiger partial charge is 0.444 e. The number of benzene rings is 2. The molecule has 10 nitrogen and oxygen atoms in total. The van der Waals surface area contributed by atoms with E-state index in [0.29, 0.717) is 25.1 Å². The number of non-ortho nitro benzene ring substituents is 1. The number of amides is 3. The van der Waals surface area contributed by atoms with Gasteiger partial charge in [0.05, 0.1) is 4.92 Å². The maximum Gasteiger partial charge on any atom is 0.410 e. The van der Waals surface area contributed by atoms with E-state index in [0.717, 1.165) is 5.56 Å². The predicted molar refractivity (Wildman–Crippen MR) is 130 cm³/mol. The number of carbonyl (C=O) groups excluding carboxylic acids is 3. The lowest BCUT2D eigenvalue weighted by molar-refractivity contribution is -0.384. The summed E-state index contributed by atoms with van der Waals surface area (Å²) >= 11 is 0. The van der Waals surface area contributed by atoms with Crippen molar-refractivity contribution in [2.45, 2.75) is 57.7 Å². The molecule has 2 aromatic rings. The second-order valence-corrected chi connectivity index (χ2v) is 9.38. The standard InChI is InChI=1S/C25H30N4O6/c1-25(2,3)35-24(32)28-15-7-10-21(28)23(31)27-20(16-17-8-5-4-6-9-17)22(30)26-18-11-13-19(14-12-18)29(33)34/h4-6,8-9,11-14,20-21H,7,10,15-16H2,1-3H3,(H,26,30)(H,27,31)/t20-,21-/m0/s1. The number of nitro groups is 1. The molecule has 0 aromatic heterocycles. The van der Waals surface area contributed by atoms with E-state index >= 15 is 0 Å². The molecule has 2 atom stereocenters. The molecule has 1 heterocycles. The molecule has 0 aliphatic carbocycles. The van der Waals surface area contributed by atoms with Crippen LogP contribution in [0.1, 0.15) is 39.2 Å². The van der Waals surface area contributed by atoms with Gasteiger partial charge in [0.1, 0.15) is 17.7 Å². The number of rotatable bonds is 7. The van der Waals surface area contributed by atoms with Crippen LogP contribution >= 0.6 is 0 Å². The molecule has 1 fully saturated rings. The lowest BCUT2D eigenvalue weighted by Crippen LogP contribution is -2.53. The fraction of sp³-hybridized carbons (Fsp3) is 0.400. The Morgan fingerprint density at radius 2 is 1.77 bits per heavy atom. The van der Waals surface area contributed by atoms with E-state index in [1.165, 1.54) is 29.2 Å². The third-order valence-corrected chi connectivity index (χ3v) is 5.44. The Morgan fingerprint density at radius 3 is 2.37 bits per heavy atom. The molecule has 0 bridgehead atoms. The number of nitrogens with one attached hydrogen (secondary N) is 2. The minimum absolute atomic E-state index is 0.0967. The molecule has 3 rings (SSSR count). The number of likely N-dealkylation sites (tertiary alicyclic amines) is 1. The van der Waals surface area contributed by atoms with Gasteiger partial charge in [-0.3, -0.25) is 24.6 Å². The Kier molecular flexibility index (Phi) is 8.06. The van der Waals surface area contributed by atoms with Gasteiger partial charge in [-0.1, -0.05) is 30.3 Å². The van der Waals surface area contributed by atoms with Crippen molar-refractivity contribution in [1.29, 1.82) is 0 Å². The summed E-state index contributed by atoms with van der Waals surface area (Å²) in [7, 11) is 0. The van der Waals surface area contributed by atoms with Crippen molar-refractivity contribution in [3.05, 3.63) is 70.3 Å². The molecule has 3 amide bonds. The normalized spacial score (nSPS) is 16.3. The second kappa shape index (κ2) is 11.0. The van der Waals surface area contributed by atoms with Crippen LogP contribution in [0.2, 0.25) is 0 Å². The average Bonchev–Trinajstić information content (AvgIpc) is 3.29. The molecular formula is C25H30N4O6. The first-order valence-corrected chi connectivity index (χ1v) is 11.4. The minimum atomic E-state index is -0.929. The molecule has 186 valence electrons. The molecule has 0 saturated carbocycles. The minimum Gasteiger partial charge on any atom is -0.444 e. The predicted octanol–water partition coefficient (Wildman–Crippen LogP) is 3.66. The van der Waals surface area contributed by atoms with E-state index in [9.17, 15) is 24.5 Å². The van der Waals surface area contributed by atoms with Crippen molar-refractivity contribution in [3.8, 4) is 0 Å². The third-order valence-electron chi connectivity index (χ3n) is 5.44. The maximum atomic E-state index is 13.2. The third kappa shape index (κ3) is 7.26. The van der Waals surface area contributed by atoms with Crippen LogP contribution in [-0.2, 0) is 20.7 Å². The van der Waals surface area contributed by atoms with E-state index in [1.54, 1.807) is 20.8 Å². The van der Waals surface area contributed by atoms with Crippen LogP contribution in [0.4, 0.5) is 16.2 Å². The SMILES string of the molecule is CC(C)(C)OC(=O)N1CCC[C@H]1C(=O)N[C@@H](Cc1ccccc1)C(=O)Nc1ccc([N+](=O)[O-])cc1. The highest BCUT2D eigenvalue weighted by Crippen LogP contribution is 2.22. The van der Waals surface area contributed by atoms with Gasteiger partial charge in [-0.25, -0.2) is 4.79 Å². The van der Waals surface area contributed by atoms with Gasteiger partial charge in [-0.2, -0.15) is 0 Å². The van der Waals surface area contributed by atoms with E-state index in [2.05, 4.69) is 10.6 Å². The van der Waals surface area contributed by atoms with Crippen molar-refractivity contribution in [3.63, 3.8) is 0 Å². The Bertz CT molecular complexity index is 1070. The van der Waals surface area contributed by atoms with Gasteiger partial charge in [0.15, 0.2) is 0 Å². The summed E-state index contributed by atoms with van der Waals surface area (Å²) in [4.78, 5) is 50.7. The Balaban J connectivity index is 1.74. The molecule has 1 aliphatic rings. The summed E-state index contributed by atoms with van der Waals surface area (Å²) in [6.45, 7) is 5.67. The fourth-order valence-electron chi connectivity index (χ4n) is 3.80. The molecule has 2 aromatic carbocycles. The molecular weight excluding hydrogens is 452 g/mol. The second-order valence-electron chi connectivity index (χ2n) is 9.38. The molecule has 1 saturated heterocycles. The van der Waals surface area contributed by atoms with Crippen LogP contribution < -0.4 is 10.6 Å². The van der Waals surface area contributed by atoms with E-state index in [1.807, 2.05) is 30.3 Å². The highest BCUT2D eigenvalue weighted by atomic mass is 16.6. The molecule has 1 aliphatic heterocycles. The molecule has 2 N–H and O–H groups in total. The van der Waals surface area contributed by atoms with Gasteiger partial charge >= 0.3 is 6.09 Å². The molecule has 0 spiro atoms. The van der Waals surface area contributed by atoms with Crippen LogP contribution in [0, 0.1) is 10.1 Å². The van der Waals surface area contributed by atoms with Crippen LogP contribution in [0.15, 0.2) is 54.6 Å². The van der Waals surface area contributed by atoms with Crippen LogP contribution in [0.25, 0.3) is 0 Å². The zero-order valence-corrected chi connectivity index (χ0v) is 20.0.